The third-order valence-electron chi connectivity index (χ3n) is 3.10. The molecule has 0 amide bonds. The summed E-state index contributed by atoms with van der Waals surface area (Å²) in [4.78, 5) is 0. The fourth-order valence-electron chi connectivity index (χ4n) is 2.28. The van der Waals surface area contributed by atoms with Gasteiger partial charge in [0, 0.05) is 5.56 Å². The van der Waals surface area contributed by atoms with Gasteiger partial charge >= 0.3 is 0 Å². The van der Waals surface area contributed by atoms with Gasteiger partial charge in [0.25, 0.3) is 0 Å². The molecule has 0 bridgehead atoms. The molecule has 15 heavy (non-hydrogen) atoms. The number of hydrogen-bond donors (Lipinski definition) is 1. The summed E-state index contributed by atoms with van der Waals surface area (Å²) in [7, 11) is 0. The molecule has 1 fully saturated rings. The third kappa shape index (κ3) is 2.08. The lowest BCUT2D eigenvalue weighted by molar-refractivity contribution is 0.0398. The van der Waals surface area contributed by atoms with Crippen LogP contribution in [0.4, 0.5) is 0 Å². The van der Waals surface area contributed by atoms with Gasteiger partial charge in [-0.1, -0.05) is 0 Å². The molecular weight excluding hydrogens is 190 g/mol. The molecule has 0 saturated carbocycles. The Morgan fingerprint density at radius 3 is 2.60 bits per heavy atom. The van der Waals surface area contributed by atoms with E-state index in [2.05, 4.69) is 6.92 Å². The first-order valence-electron chi connectivity index (χ1n) is 5.56. The minimum absolute atomic E-state index is 0.0487. The van der Waals surface area contributed by atoms with Crippen LogP contribution < -0.4 is 5.73 Å². The van der Waals surface area contributed by atoms with Gasteiger partial charge in [-0.05, 0) is 39.7 Å². The van der Waals surface area contributed by atoms with Crippen LogP contribution in [0, 0.1) is 13.8 Å². The topological polar surface area (TPSA) is 48.4 Å². The van der Waals surface area contributed by atoms with E-state index in [1.165, 1.54) is 0 Å². The van der Waals surface area contributed by atoms with Gasteiger partial charge in [-0.15, -0.1) is 0 Å². The number of ether oxygens (including phenoxy) is 1. The molecule has 2 heterocycles. The monoisotopic (exact) mass is 209 g/mol. The maximum absolute atomic E-state index is 6.19. The normalized spacial score (nSPS) is 28.3. The van der Waals surface area contributed by atoms with Gasteiger partial charge in [0.1, 0.15) is 11.5 Å². The van der Waals surface area contributed by atoms with E-state index >= 15 is 0 Å². The first-order chi connectivity index (χ1) is 7.08. The highest BCUT2D eigenvalue weighted by Gasteiger charge is 2.29. The van der Waals surface area contributed by atoms with Crippen molar-refractivity contribution in [3.05, 3.63) is 23.2 Å². The summed E-state index contributed by atoms with van der Waals surface area (Å²) in [6.07, 6.45) is 2.64. The Hall–Kier alpha value is -0.800. The van der Waals surface area contributed by atoms with Crippen LogP contribution in [-0.2, 0) is 4.74 Å². The van der Waals surface area contributed by atoms with Crippen molar-refractivity contribution in [2.75, 3.05) is 0 Å². The van der Waals surface area contributed by atoms with Crippen LogP contribution in [0.15, 0.2) is 10.5 Å². The Labute approximate surface area is 90.6 Å². The van der Waals surface area contributed by atoms with Crippen molar-refractivity contribution in [3.63, 3.8) is 0 Å². The second kappa shape index (κ2) is 3.99. The van der Waals surface area contributed by atoms with Crippen LogP contribution in [0.2, 0.25) is 0 Å². The minimum atomic E-state index is -0.0487. The van der Waals surface area contributed by atoms with Crippen molar-refractivity contribution in [1.82, 2.24) is 0 Å². The van der Waals surface area contributed by atoms with Gasteiger partial charge in [-0.3, -0.25) is 0 Å². The van der Waals surface area contributed by atoms with Crippen molar-refractivity contribution >= 4 is 0 Å². The molecule has 0 aliphatic carbocycles. The molecule has 1 aliphatic heterocycles. The zero-order chi connectivity index (χ0) is 11.0. The van der Waals surface area contributed by atoms with E-state index in [1.807, 2.05) is 19.9 Å². The summed E-state index contributed by atoms with van der Waals surface area (Å²) in [6.45, 7) is 6.00. The lowest BCUT2D eigenvalue weighted by Gasteiger charge is -2.18. The van der Waals surface area contributed by atoms with E-state index < -0.39 is 0 Å². The summed E-state index contributed by atoms with van der Waals surface area (Å²) >= 11 is 0. The highest BCUT2D eigenvalue weighted by molar-refractivity contribution is 5.25. The number of rotatable bonds is 2. The standard InChI is InChI=1S/C12H19NO2/c1-7-4-5-11(15-7)12(13)10-6-8(2)14-9(10)3/h6-7,11-12H,4-5,13H2,1-3H3. The van der Waals surface area contributed by atoms with Crippen LogP contribution >= 0.6 is 0 Å². The van der Waals surface area contributed by atoms with E-state index in [9.17, 15) is 0 Å². The molecule has 1 saturated heterocycles. The molecule has 1 aromatic rings. The van der Waals surface area contributed by atoms with E-state index in [4.69, 9.17) is 14.9 Å². The molecule has 0 aromatic carbocycles. The van der Waals surface area contributed by atoms with E-state index in [0.717, 1.165) is 29.9 Å². The maximum Gasteiger partial charge on any atom is 0.105 e. The fraction of sp³-hybridized carbons (Fsp3) is 0.667. The number of nitrogens with two attached hydrogens (primary N) is 1. The Morgan fingerprint density at radius 1 is 1.40 bits per heavy atom. The van der Waals surface area contributed by atoms with Gasteiger partial charge in [0.2, 0.25) is 0 Å². The van der Waals surface area contributed by atoms with E-state index in [-0.39, 0.29) is 12.1 Å². The summed E-state index contributed by atoms with van der Waals surface area (Å²) in [5, 5.41) is 0. The lowest BCUT2D eigenvalue weighted by Crippen LogP contribution is -2.26. The van der Waals surface area contributed by atoms with Crippen LogP contribution in [0.25, 0.3) is 0 Å². The SMILES string of the molecule is Cc1cc(C(N)C2CCC(C)O2)c(C)o1. The van der Waals surface area contributed by atoms with Crippen molar-refractivity contribution in [2.24, 2.45) is 5.73 Å². The van der Waals surface area contributed by atoms with Crippen molar-refractivity contribution in [2.45, 2.75) is 51.9 Å². The van der Waals surface area contributed by atoms with Gasteiger partial charge in [-0.2, -0.15) is 0 Å². The molecule has 3 heteroatoms. The van der Waals surface area contributed by atoms with Crippen LogP contribution in [0.3, 0.4) is 0 Å². The number of furan rings is 1. The lowest BCUT2D eigenvalue weighted by atomic mass is 10.0. The van der Waals surface area contributed by atoms with Crippen LogP contribution in [0.1, 0.15) is 42.9 Å². The van der Waals surface area contributed by atoms with Crippen molar-refractivity contribution < 1.29 is 9.15 Å². The summed E-state index contributed by atoms with van der Waals surface area (Å²) < 4.78 is 11.3. The largest absolute Gasteiger partial charge is 0.466 e. The summed E-state index contributed by atoms with van der Waals surface area (Å²) in [6, 6.07) is 1.97. The molecule has 84 valence electrons. The molecule has 0 spiro atoms. The van der Waals surface area contributed by atoms with Crippen LogP contribution in [-0.4, -0.2) is 12.2 Å². The molecule has 3 nitrogen and oxygen atoms in total. The third-order valence-corrected chi connectivity index (χ3v) is 3.10. The first kappa shape index (κ1) is 10.7. The number of aryl methyl sites for hydroxylation is 2. The van der Waals surface area contributed by atoms with Gasteiger partial charge in [0.15, 0.2) is 0 Å². The van der Waals surface area contributed by atoms with Gasteiger partial charge in [0.05, 0.1) is 18.2 Å². The van der Waals surface area contributed by atoms with E-state index in [0.29, 0.717) is 6.10 Å². The summed E-state index contributed by atoms with van der Waals surface area (Å²) in [5.74, 6) is 1.84. The second-order valence-corrected chi connectivity index (χ2v) is 4.46. The Bertz CT molecular complexity index is 345. The predicted molar refractivity (Wildman–Crippen MR) is 58.7 cm³/mol. The predicted octanol–water partition coefficient (Wildman–Crippen LogP) is 2.46. The van der Waals surface area contributed by atoms with E-state index in [1.54, 1.807) is 0 Å². The average molecular weight is 209 g/mol. The molecule has 2 N–H and O–H groups in total. The molecule has 2 rings (SSSR count). The molecule has 1 aliphatic rings. The minimum Gasteiger partial charge on any atom is -0.466 e. The second-order valence-electron chi connectivity index (χ2n) is 4.46. The number of hydrogen-bond acceptors (Lipinski definition) is 3. The van der Waals surface area contributed by atoms with Gasteiger partial charge in [-0.25, -0.2) is 0 Å². The van der Waals surface area contributed by atoms with Crippen LogP contribution in [0.5, 0.6) is 0 Å². The molecule has 0 radical (unpaired) electrons. The quantitative estimate of drug-likeness (QED) is 0.814. The van der Waals surface area contributed by atoms with Crippen molar-refractivity contribution in [3.8, 4) is 0 Å². The summed E-state index contributed by atoms with van der Waals surface area (Å²) in [5.41, 5.74) is 7.28. The van der Waals surface area contributed by atoms with Crippen molar-refractivity contribution in [1.29, 1.82) is 0 Å². The average Bonchev–Trinajstić information content (AvgIpc) is 2.71. The highest BCUT2D eigenvalue weighted by Crippen LogP contribution is 2.31. The molecule has 3 unspecified atom stereocenters. The van der Waals surface area contributed by atoms with Gasteiger partial charge < -0.3 is 14.9 Å². The smallest absolute Gasteiger partial charge is 0.105 e. The maximum atomic E-state index is 6.19. The molecule has 1 aromatic heterocycles. The zero-order valence-corrected chi connectivity index (χ0v) is 9.62. The zero-order valence-electron chi connectivity index (χ0n) is 9.62. The molecule has 3 atom stereocenters. The Morgan fingerprint density at radius 2 is 2.13 bits per heavy atom. The molecular formula is C12H19NO2. The highest BCUT2D eigenvalue weighted by atomic mass is 16.5. The Balaban J connectivity index is 2.13. The Kier molecular flexibility index (Phi) is 2.85. The fourth-order valence-corrected chi connectivity index (χ4v) is 2.28. The first-order valence-corrected chi connectivity index (χ1v) is 5.56.